The van der Waals surface area contributed by atoms with E-state index in [2.05, 4.69) is 0 Å². The molecule has 4 nitrogen and oxygen atoms in total. The Hall–Kier alpha value is -1.98. The Morgan fingerprint density at radius 1 is 1.23 bits per heavy atom. The molecule has 0 fully saturated rings. The topological polar surface area (TPSA) is 52.0 Å². The van der Waals surface area contributed by atoms with Gasteiger partial charge in [0.05, 0.1) is 17.0 Å². The second-order valence-corrected chi connectivity index (χ2v) is 9.05. The van der Waals surface area contributed by atoms with Crippen LogP contribution in [0.3, 0.4) is 0 Å². The molecule has 136 valence electrons. The lowest BCUT2D eigenvalue weighted by Crippen LogP contribution is -2.32. The monoisotopic (exact) mass is 388 g/mol. The molecule has 3 rings (SSSR count). The molecule has 0 amide bonds. The summed E-state index contributed by atoms with van der Waals surface area (Å²) in [6.45, 7) is 9.41. The van der Waals surface area contributed by atoms with Crippen molar-refractivity contribution in [1.29, 1.82) is 0 Å². The first-order valence-corrected chi connectivity index (χ1v) is 9.59. The van der Waals surface area contributed by atoms with E-state index in [1.165, 1.54) is 15.9 Å². The van der Waals surface area contributed by atoms with Gasteiger partial charge in [0.25, 0.3) is 5.56 Å². The highest BCUT2D eigenvalue weighted by molar-refractivity contribution is 7.18. The Bertz CT molecular complexity index is 1070. The van der Waals surface area contributed by atoms with Crippen LogP contribution >= 0.6 is 22.9 Å². The van der Waals surface area contributed by atoms with Crippen LogP contribution in [0.4, 0.5) is 0 Å². The number of rotatable bonds is 3. The molecule has 1 aromatic carbocycles. The summed E-state index contributed by atoms with van der Waals surface area (Å²) in [5.41, 5.74) is 0.833. The molecule has 0 spiro atoms. The fourth-order valence-electron chi connectivity index (χ4n) is 2.70. The molecule has 0 N–H and O–H groups in total. The van der Waals surface area contributed by atoms with Gasteiger partial charge in [0.15, 0.2) is 5.78 Å². The average molecular weight is 389 g/mol. The third kappa shape index (κ3) is 3.21. The van der Waals surface area contributed by atoms with Crippen molar-refractivity contribution in [2.24, 2.45) is 5.41 Å². The van der Waals surface area contributed by atoms with Gasteiger partial charge in [0.2, 0.25) is 0 Å². The van der Waals surface area contributed by atoms with Crippen molar-refractivity contribution >= 4 is 38.9 Å². The maximum absolute atomic E-state index is 13.3. The zero-order valence-electron chi connectivity index (χ0n) is 15.5. The first kappa shape index (κ1) is 18.8. The van der Waals surface area contributed by atoms with Gasteiger partial charge in [-0.2, -0.15) is 0 Å². The molecule has 0 saturated heterocycles. The lowest BCUT2D eigenvalue weighted by atomic mass is 9.91. The number of benzene rings is 1. The zero-order valence-corrected chi connectivity index (χ0v) is 17.1. The van der Waals surface area contributed by atoms with Gasteiger partial charge in [-0.1, -0.05) is 44.5 Å². The molecule has 0 saturated carbocycles. The number of thiophene rings is 1. The van der Waals surface area contributed by atoms with E-state index in [1.807, 2.05) is 52.8 Å². The number of ketones is 1. The number of aryl methyl sites for hydroxylation is 2. The van der Waals surface area contributed by atoms with Crippen LogP contribution in [0.1, 0.15) is 31.2 Å². The number of hydrogen-bond donors (Lipinski definition) is 0. The largest absolute Gasteiger partial charge is 0.297 e. The Morgan fingerprint density at radius 3 is 2.50 bits per heavy atom. The average Bonchev–Trinajstić information content (AvgIpc) is 2.84. The lowest BCUT2D eigenvalue weighted by Gasteiger charge is -2.19. The molecule has 6 heteroatoms. The van der Waals surface area contributed by atoms with Gasteiger partial charge in [0.1, 0.15) is 10.7 Å². The summed E-state index contributed by atoms with van der Waals surface area (Å²) in [6.07, 6.45) is 0. The van der Waals surface area contributed by atoms with Gasteiger partial charge in [-0.15, -0.1) is 11.3 Å². The molecule has 3 aromatic rings. The van der Waals surface area contributed by atoms with E-state index in [0.717, 1.165) is 10.4 Å². The molecule has 0 atom stereocenters. The number of hydrogen-bond acceptors (Lipinski definition) is 4. The summed E-state index contributed by atoms with van der Waals surface area (Å²) in [4.78, 5) is 32.4. The molecule has 0 radical (unpaired) electrons. The number of carbonyl (C=O) groups excluding carboxylic acids is 1. The van der Waals surface area contributed by atoms with Crippen molar-refractivity contribution in [1.82, 2.24) is 9.55 Å². The van der Waals surface area contributed by atoms with Crippen molar-refractivity contribution in [3.8, 4) is 11.4 Å². The maximum atomic E-state index is 13.3. The van der Waals surface area contributed by atoms with E-state index in [-0.39, 0.29) is 17.9 Å². The summed E-state index contributed by atoms with van der Waals surface area (Å²) in [6, 6.07) is 7.25. The highest BCUT2D eigenvalue weighted by Crippen LogP contribution is 2.31. The van der Waals surface area contributed by atoms with Crippen LogP contribution in [-0.4, -0.2) is 15.3 Å². The number of aromatic nitrogens is 2. The van der Waals surface area contributed by atoms with Gasteiger partial charge in [0, 0.05) is 15.9 Å². The molecular formula is C20H21ClN2O2S. The number of Topliss-reactive ketones (excluding diaryl/α,β-unsaturated/α-hetero) is 1. The Labute approximate surface area is 161 Å². The highest BCUT2D eigenvalue weighted by atomic mass is 35.5. The number of halogens is 1. The van der Waals surface area contributed by atoms with Crippen LogP contribution in [0, 0.1) is 19.3 Å². The lowest BCUT2D eigenvalue weighted by molar-refractivity contribution is -0.126. The van der Waals surface area contributed by atoms with Crippen molar-refractivity contribution in [3.63, 3.8) is 0 Å². The minimum atomic E-state index is -0.550. The number of fused-ring (bicyclic) bond motifs is 1. The first-order valence-electron chi connectivity index (χ1n) is 8.40. The minimum Gasteiger partial charge on any atom is -0.297 e. The summed E-state index contributed by atoms with van der Waals surface area (Å²) in [5, 5.41) is 1.09. The highest BCUT2D eigenvalue weighted by Gasteiger charge is 2.25. The van der Waals surface area contributed by atoms with Crippen molar-refractivity contribution in [2.75, 3.05) is 0 Å². The second-order valence-electron chi connectivity index (χ2n) is 7.44. The molecule has 0 aliphatic rings. The molecular weight excluding hydrogens is 368 g/mol. The molecule has 0 aliphatic heterocycles. The predicted molar refractivity (Wildman–Crippen MR) is 108 cm³/mol. The Morgan fingerprint density at radius 2 is 1.88 bits per heavy atom. The fourth-order valence-corrected chi connectivity index (χ4v) is 3.94. The molecule has 0 unspecified atom stereocenters. The van der Waals surface area contributed by atoms with Crippen LogP contribution in [0.25, 0.3) is 21.6 Å². The number of carbonyl (C=O) groups is 1. The van der Waals surface area contributed by atoms with Crippen LogP contribution in [0.15, 0.2) is 29.1 Å². The zero-order chi connectivity index (χ0) is 19.2. The molecule has 26 heavy (non-hydrogen) atoms. The summed E-state index contributed by atoms with van der Waals surface area (Å²) in [7, 11) is 0. The van der Waals surface area contributed by atoms with Crippen LogP contribution < -0.4 is 5.56 Å². The van der Waals surface area contributed by atoms with E-state index >= 15 is 0 Å². The second kappa shape index (κ2) is 6.63. The summed E-state index contributed by atoms with van der Waals surface area (Å²) in [5.74, 6) is 0.408. The van der Waals surface area contributed by atoms with E-state index in [9.17, 15) is 9.59 Å². The smallest absolute Gasteiger partial charge is 0.263 e. The van der Waals surface area contributed by atoms with Gasteiger partial charge in [-0.05, 0) is 31.5 Å². The van der Waals surface area contributed by atoms with E-state index in [4.69, 9.17) is 16.6 Å². The SMILES string of the molecule is Cc1sc2nc(-c3ccccc3Cl)n(CC(=O)C(C)(C)C)c(=O)c2c1C. The van der Waals surface area contributed by atoms with Gasteiger partial charge in [-0.3, -0.25) is 14.2 Å². The fraction of sp³-hybridized carbons (Fsp3) is 0.350. The van der Waals surface area contributed by atoms with Crippen molar-refractivity contribution < 1.29 is 4.79 Å². The van der Waals surface area contributed by atoms with Gasteiger partial charge < -0.3 is 0 Å². The van der Waals surface area contributed by atoms with Crippen molar-refractivity contribution in [2.45, 2.75) is 41.2 Å². The normalized spacial score (nSPS) is 11.9. The quantitative estimate of drug-likeness (QED) is 0.633. The number of nitrogens with zero attached hydrogens (tertiary/aromatic N) is 2. The Kier molecular flexibility index (Phi) is 4.80. The standard InChI is InChI=1S/C20H21ClN2O2S/c1-11-12(2)26-18-16(11)19(25)23(10-15(24)20(3,4)5)17(22-18)13-8-6-7-9-14(13)21/h6-9H,10H2,1-5H3. The molecule has 2 aromatic heterocycles. The predicted octanol–water partition coefficient (Wildman–Crippen LogP) is 5.01. The molecule has 2 heterocycles. The Balaban J connectivity index is 2.35. The minimum absolute atomic E-state index is 0.0276. The van der Waals surface area contributed by atoms with E-state index in [1.54, 1.807) is 6.07 Å². The van der Waals surface area contributed by atoms with Gasteiger partial charge >= 0.3 is 0 Å². The van der Waals surface area contributed by atoms with Crippen molar-refractivity contribution in [3.05, 3.63) is 50.1 Å². The first-order chi connectivity index (χ1) is 12.1. The maximum Gasteiger partial charge on any atom is 0.263 e. The van der Waals surface area contributed by atoms with Crippen LogP contribution in [-0.2, 0) is 11.3 Å². The third-order valence-corrected chi connectivity index (χ3v) is 5.97. The van der Waals surface area contributed by atoms with Gasteiger partial charge in [-0.25, -0.2) is 4.98 Å². The molecule has 0 aliphatic carbocycles. The van der Waals surface area contributed by atoms with E-state index in [0.29, 0.717) is 26.6 Å². The molecule has 0 bridgehead atoms. The van der Waals surface area contributed by atoms with Crippen LogP contribution in [0.2, 0.25) is 5.02 Å². The van der Waals surface area contributed by atoms with Crippen LogP contribution in [0.5, 0.6) is 0 Å². The summed E-state index contributed by atoms with van der Waals surface area (Å²) < 4.78 is 1.47. The van der Waals surface area contributed by atoms with E-state index < -0.39 is 5.41 Å². The summed E-state index contributed by atoms with van der Waals surface area (Å²) >= 11 is 7.85. The third-order valence-electron chi connectivity index (χ3n) is 4.54.